The molecule has 2 heterocycles. The highest BCUT2D eigenvalue weighted by atomic mass is 19.1. The van der Waals surface area contributed by atoms with E-state index in [1.54, 1.807) is 25.3 Å². The number of benzene rings is 1. The summed E-state index contributed by atoms with van der Waals surface area (Å²) >= 11 is 0. The van der Waals surface area contributed by atoms with Gasteiger partial charge in [-0.05, 0) is 75.1 Å². The van der Waals surface area contributed by atoms with Gasteiger partial charge in [0.15, 0.2) is 0 Å². The highest BCUT2D eigenvalue weighted by Crippen LogP contribution is 2.30. The average Bonchev–Trinajstić information content (AvgIpc) is 2.87. The standard InChI is InChI=1S/C27H38F2N4O2/c1-18(17-34-2)32-21-4-6-22(7-5-21)33-27-14-23(25(29)16-31-27)20-3-8-24(28)26(13-20)30-15-19-9-11-35-12-10-19/h3,8,13-14,16,18-19,21-22,30,32H,4-7,9-12,15,17H2,1-2H3,(H,31,33)/t18-,21-,22-/m1/s1. The van der Waals surface area contributed by atoms with E-state index in [0.29, 0.717) is 59.8 Å². The fraction of sp³-hybridized carbons (Fsp3) is 0.593. The Bertz CT molecular complexity index is 947. The van der Waals surface area contributed by atoms with Crippen LogP contribution in [-0.4, -0.2) is 56.6 Å². The van der Waals surface area contributed by atoms with Crippen molar-refractivity contribution in [1.82, 2.24) is 10.3 Å². The molecule has 6 nitrogen and oxygen atoms in total. The van der Waals surface area contributed by atoms with Gasteiger partial charge in [0.1, 0.15) is 17.5 Å². The Morgan fingerprint density at radius 1 is 1.03 bits per heavy atom. The fourth-order valence-electron chi connectivity index (χ4n) is 5.09. The maximum atomic E-state index is 14.7. The van der Waals surface area contributed by atoms with E-state index in [1.165, 1.54) is 12.3 Å². The minimum absolute atomic E-state index is 0.293. The van der Waals surface area contributed by atoms with Crippen molar-refractivity contribution in [3.8, 4) is 11.1 Å². The molecule has 0 radical (unpaired) electrons. The summed E-state index contributed by atoms with van der Waals surface area (Å²) in [7, 11) is 1.72. The van der Waals surface area contributed by atoms with Gasteiger partial charge in [-0.2, -0.15) is 0 Å². The summed E-state index contributed by atoms with van der Waals surface area (Å²) in [6, 6.07) is 7.55. The summed E-state index contributed by atoms with van der Waals surface area (Å²) < 4.78 is 39.8. The van der Waals surface area contributed by atoms with E-state index in [2.05, 4.69) is 27.9 Å². The number of methoxy groups -OCH3 is 1. The van der Waals surface area contributed by atoms with E-state index in [9.17, 15) is 8.78 Å². The Morgan fingerprint density at radius 2 is 1.77 bits per heavy atom. The van der Waals surface area contributed by atoms with Gasteiger partial charge < -0.3 is 25.4 Å². The van der Waals surface area contributed by atoms with E-state index >= 15 is 0 Å². The first-order chi connectivity index (χ1) is 17.0. The van der Waals surface area contributed by atoms with Crippen molar-refractivity contribution in [3.63, 3.8) is 0 Å². The van der Waals surface area contributed by atoms with Gasteiger partial charge in [-0.15, -0.1) is 0 Å². The fourth-order valence-corrected chi connectivity index (χ4v) is 5.09. The molecule has 0 unspecified atom stereocenters. The molecular weight excluding hydrogens is 450 g/mol. The molecule has 1 aromatic carbocycles. The van der Waals surface area contributed by atoms with E-state index in [-0.39, 0.29) is 5.82 Å². The predicted molar refractivity (Wildman–Crippen MR) is 136 cm³/mol. The number of anilines is 2. The average molecular weight is 489 g/mol. The number of hydrogen-bond acceptors (Lipinski definition) is 6. The zero-order valence-electron chi connectivity index (χ0n) is 20.8. The lowest BCUT2D eigenvalue weighted by Crippen LogP contribution is -2.42. The van der Waals surface area contributed by atoms with Crippen LogP contribution in [0, 0.1) is 17.6 Å². The van der Waals surface area contributed by atoms with Gasteiger partial charge >= 0.3 is 0 Å². The van der Waals surface area contributed by atoms with Crippen LogP contribution in [0.15, 0.2) is 30.5 Å². The smallest absolute Gasteiger partial charge is 0.149 e. The van der Waals surface area contributed by atoms with E-state index in [1.807, 2.05) is 0 Å². The number of nitrogens with one attached hydrogen (secondary N) is 3. The molecule has 35 heavy (non-hydrogen) atoms. The normalized spacial score (nSPS) is 22.1. The van der Waals surface area contributed by atoms with Gasteiger partial charge in [0, 0.05) is 50.6 Å². The molecule has 0 spiro atoms. The Kier molecular flexibility index (Phi) is 9.29. The third-order valence-electron chi connectivity index (χ3n) is 7.07. The van der Waals surface area contributed by atoms with E-state index < -0.39 is 5.82 Å². The number of rotatable bonds is 10. The molecule has 0 amide bonds. The van der Waals surface area contributed by atoms with Crippen molar-refractivity contribution in [2.75, 3.05) is 44.1 Å². The molecule has 192 valence electrons. The zero-order chi connectivity index (χ0) is 24.6. The van der Waals surface area contributed by atoms with Crippen molar-refractivity contribution >= 4 is 11.5 Å². The quantitative estimate of drug-likeness (QED) is 0.427. The Hall–Kier alpha value is -2.29. The molecule has 1 aliphatic carbocycles. The van der Waals surface area contributed by atoms with Crippen LogP contribution in [0.4, 0.5) is 20.3 Å². The van der Waals surface area contributed by atoms with Crippen molar-refractivity contribution in [2.45, 2.75) is 63.6 Å². The number of ether oxygens (including phenoxy) is 2. The third-order valence-corrected chi connectivity index (χ3v) is 7.07. The van der Waals surface area contributed by atoms with E-state index in [0.717, 1.165) is 51.7 Å². The number of pyridine rings is 1. The van der Waals surface area contributed by atoms with Gasteiger partial charge in [-0.3, -0.25) is 0 Å². The SMILES string of the molecule is COC[C@@H](C)N[C@H]1CC[C@H](Nc2cc(-c3ccc(F)c(NCC4CCOCC4)c3)c(F)cn2)CC1. The van der Waals surface area contributed by atoms with Crippen LogP contribution in [0.3, 0.4) is 0 Å². The molecule has 1 atom stereocenters. The zero-order valence-corrected chi connectivity index (χ0v) is 20.8. The van der Waals surface area contributed by atoms with E-state index in [4.69, 9.17) is 9.47 Å². The van der Waals surface area contributed by atoms with Crippen LogP contribution in [0.1, 0.15) is 45.4 Å². The van der Waals surface area contributed by atoms with Gasteiger partial charge in [0.05, 0.1) is 18.5 Å². The molecule has 0 bridgehead atoms. The van der Waals surface area contributed by atoms with Crippen LogP contribution in [0.5, 0.6) is 0 Å². The molecule has 3 N–H and O–H groups in total. The first kappa shape index (κ1) is 25.8. The van der Waals surface area contributed by atoms with Crippen molar-refractivity contribution in [1.29, 1.82) is 0 Å². The highest BCUT2D eigenvalue weighted by molar-refractivity contribution is 5.71. The lowest BCUT2D eigenvalue weighted by Gasteiger charge is -2.31. The lowest BCUT2D eigenvalue weighted by molar-refractivity contribution is 0.0699. The van der Waals surface area contributed by atoms with Crippen molar-refractivity contribution in [2.24, 2.45) is 5.92 Å². The Morgan fingerprint density at radius 3 is 2.51 bits per heavy atom. The van der Waals surface area contributed by atoms with Gasteiger partial charge in [-0.25, -0.2) is 13.8 Å². The second-order valence-corrected chi connectivity index (χ2v) is 9.90. The molecule has 2 fully saturated rings. The minimum atomic E-state index is -0.419. The third kappa shape index (κ3) is 7.35. The summed E-state index contributed by atoms with van der Waals surface area (Å²) in [6.07, 6.45) is 7.35. The molecule has 2 aromatic rings. The van der Waals surface area contributed by atoms with Crippen LogP contribution >= 0.6 is 0 Å². The second-order valence-electron chi connectivity index (χ2n) is 9.90. The first-order valence-electron chi connectivity index (χ1n) is 12.8. The van der Waals surface area contributed by atoms with Crippen molar-refractivity contribution in [3.05, 3.63) is 42.1 Å². The Balaban J connectivity index is 1.37. The van der Waals surface area contributed by atoms with Gasteiger partial charge in [0.25, 0.3) is 0 Å². The number of aromatic nitrogens is 1. The monoisotopic (exact) mass is 488 g/mol. The summed E-state index contributed by atoms with van der Waals surface area (Å²) in [6.45, 7) is 5.02. The number of hydrogen-bond donors (Lipinski definition) is 3. The molecule has 8 heteroatoms. The summed E-state index contributed by atoms with van der Waals surface area (Å²) in [5.41, 5.74) is 1.44. The maximum Gasteiger partial charge on any atom is 0.149 e. The largest absolute Gasteiger partial charge is 0.383 e. The maximum absolute atomic E-state index is 14.7. The minimum Gasteiger partial charge on any atom is -0.383 e. The van der Waals surface area contributed by atoms with Crippen LogP contribution in [-0.2, 0) is 9.47 Å². The topological polar surface area (TPSA) is 67.4 Å². The molecule has 1 saturated heterocycles. The Labute approximate surface area is 207 Å². The second kappa shape index (κ2) is 12.6. The summed E-state index contributed by atoms with van der Waals surface area (Å²) in [5, 5.41) is 10.3. The van der Waals surface area contributed by atoms with Crippen LogP contribution in [0.2, 0.25) is 0 Å². The molecular formula is C27H38F2N4O2. The molecule has 4 rings (SSSR count). The predicted octanol–water partition coefficient (Wildman–Crippen LogP) is 5.21. The van der Waals surface area contributed by atoms with Crippen LogP contribution in [0.25, 0.3) is 11.1 Å². The molecule has 1 aliphatic heterocycles. The lowest BCUT2D eigenvalue weighted by atomic mass is 9.90. The molecule has 1 saturated carbocycles. The molecule has 1 aromatic heterocycles. The highest BCUT2D eigenvalue weighted by Gasteiger charge is 2.23. The number of halogens is 2. The summed E-state index contributed by atoms with van der Waals surface area (Å²) in [5.74, 6) is 0.344. The number of nitrogens with zero attached hydrogens (tertiary/aromatic N) is 1. The summed E-state index contributed by atoms with van der Waals surface area (Å²) in [4.78, 5) is 4.27. The van der Waals surface area contributed by atoms with Gasteiger partial charge in [-0.1, -0.05) is 6.07 Å². The van der Waals surface area contributed by atoms with Crippen LogP contribution < -0.4 is 16.0 Å². The van der Waals surface area contributed by atoms with Crippen molar-refractivity contribution < 1.29 is 18.3 Å². The first-order valence-corrected chi connectivity index (χ1v) is 12.8. The molecule has 2 aliphatic rings. The van der Waals surface area contributed by atoms with Gasteiger partial charge in [0.2, 0.25) is 0 Å².